The highest BCUT2D eigenvalue weighted by Crippen LogP contribution is 2.21. The molecule has 0 aliphatic carbocycles. The summed E-state index contributed by atoms with van der Waals surface area (Å²) in [6, 6.07) is 4.82. The molecule has 0 fully saturated rings. The summed E-state index contributed by atoms with van der Waals surface area (Å²) in [5.74, 6) is -1.44. The van der Waals surface area contributed by atoms with E-state index in [4.69, 9.17) is 10.8 Å². The van der Waals surface area contributed by atoms with E-state index >= 15 is 0 Å². The molecule has 0 saturated heterocycles. The van der Waals surface area contributed by atoms with Crippen molar-refractivity contribution in [2.45, 2.75) is 6.11 Å². The number of benzene rings is 1. The van der Waals surface area contributed by atoms with Crippen molar-refractivity contribution >= 4 is 18.4 Å². The molecule has 3 N–H and O–H groups in total. The molecule has 0 heterocycles. The number of carbonyl (C=O) groups is 1. The van der Waals surface area contributed by atoms with Crippen molar-refractivity contribution in [3.63, 3.8) is 0 Å². The molecule has 0 radical (unpaired) electrons. The van der Waals surface area contributed by atoms with Crippen molar-refractivity contribution < 1.29 is 23.4 Å². The number of nitrogens with two attached hydrogens (primary N) is 1. The van der Waals surface area contributed by atoms with Gasteiger partial charge in [0.05, 0.1) is 12.1 Å². The maximum Gasteiger partial charge on any atom is 0.410 e. The summed E-state index contributed by atoms with van der Waals surface area (Å²) in [6.45, 7) is -0.968. The van der Waals surface area contributed by atoms with Crippen molar-refractivity contribution in [2.75, 3.05) is 6.54 Å². The Morgan fingerprint density at radius 1 is 1.50 bits per heavy atom. The molecule has 90 valence electrons. The van der Waals surface area contributed by atoms with Gasteiger partial charge in [0.2, 0.25) is 0 Å². The van der Waals surface area contributed by atoms with E-state index in [9.17, 15) is 13.6 Å². The molecule has 1 aromatic carbocycles. The van der Waals surface area contributed by atoms with Gasteiger partial charge in [-0.3, -0.25) is 0 Å². The first kappa shape index (κ1) is 14.6. The first-order valence-electron chi connectivity index (χ1n) is 4.05. The fourth-order valence-corrected chi connectivity index (χ4v) is 0.907. The van der Waals surface area contributed by atoms with Crippen LogP contribution in [0.4, 0.5) is 8.78 Å². The van der Waals surface area contributed by atoms with Gasteiger partial charge in [0.1, 0.15) is 5.75 Å². The molecule has 4 nitrogen and oxygen atoms in total. The van der Waals surface area contributed by atoms with E-state index in [2.05, 4.69) is 4.74 Å². The van der Waals surface area contributed by atoms with E-state index in [1.54, 1.807) is 0 Å². The van der Waals surface area contributed by atoms with E-state index in [0.29, 0.717) is 0 Å². The third-order valence-electron chi connectivity index (χ3n) is 1.59. The zero-order valence-corrected chi connectivity index (χ0v) is 8.84. The van der Waals surface area contributed by atoms with Crippen molar-refractivity contribution in [3.05, 3.63) is 29.8 Å². The molecular weight excluding hydrogens is 244 g/mol. The third-order valence-corrected chi connectivity index (χ3v) is 1.59. The standard InChI is InChI=1S/C9H9F2NO3.ClH/c10-9(11,5-12)15-7-3-1-2-6(4-7)8(13)14;/h1-4H,5,12H2,(H,13,14);1H. The fraction of sp³-hybridized carbons (Fsp3) is 0.222. The van der Waals surface area contributed by atoms with Crippen LogP contribution in [0.3, 0.4) is 0 Å². The van der Waals surface area contributed by atoms with Gasteiger partial charge in [0.25, 0.3) is 0 Å². The van der Waals surface area contributed by atoms with Crippen molar-refractivity contribution in [2.24, 2.45) is 5.73 Å². The molecule has 0 atom stereocenters. The zero-order chi connectivity index (χ0) is 11.5. The van der Waals surface area contributed by atoms with Gasteiger partial charge in [0.15, 0.2) is 0 Å². The quantitative estimate of drug-likeness (QED) is 0.857. The number of hydrogen-bond acceptors (Lipinski definition) is 3. The molecule has 1 rings (SSSR count). The molecule has 0 aliphatic rings. The van der Waals surface area contributed by atoms with Crippen LogP contribution in [0.1, 0.15) is 10.4 Å². The summed E-state index contributed by atoms with van der Waals surface area (Å²) < 4.78 is 29.6. The van der Waals surface area contributed by atoms with E-state index in [0.717, 1.165) is 6.07 Å². The lowest BCUT2D eigenvalue weighted by Crippen LogP contribution is -2.34. The van der Waals surface area contributed by atoms with E-state index in [-0.39, 0.29) is 23.7 Å². The summed E-state index contributed by atoms with van der Waals surface area (Å²) in [6.07, 6.45) is -3.49. The Kier molecular flexibility index (Phi) is 5.13. The van der Waals surface area contributed by atoms with Crippen LogP contribution in [0.5, 0.6) is 5.75 Å². The number of carboxylic acids is 1. The normalized spacial score (nSPS) is 10.4. The number of ether oxygens (including phenoxy) is 1. The molecule has 0 saturated carbocycles. The molecule has 1 aromatic rings. The molecule has 7 heteroatoms. The maximum atomic E-state index is 12.7. The summed E-state index contributed by atoms with van der Waals surface area (Å²) >= 11 is 0. The average Bonchev–Trinajstić information content (AvgIpc) is 2.17. The van der Waals surface area contributed by atoms with E-state index in [1.807, 2.05) is 0 Å². The number of alkyl halides is 2. The maximum absolute atomic E-state index is 12.7. The minimum absolute atomic E-state index is 0. The minimum atomic E-state index is -3.49. The largest absolute Gasteiger partial charge is 0.478 e. The number of carboxylic acid groups (broad SMARTS) is 1. The highest BCUT2D eigenvalue weighted by molar-refractivity contribution is 5.88. The van der Waals surface area contributed by atoms with Crippen LogP contribution in [-0.2, 0) is 0 Å². The van der Waals surface area contributed by atoms with Crippen molar-refractivity contribution in [3.8, 4) is 5.75 Å². The Morgan fingerprint density at radius 2 is 2.12 bits per heavy atom. The van der Waals surface area contributed by atoms with Gasteiger partial charge >= 0.3 is 12.1 Å². The lowest BCUT2D eigenvalue weighted by atomic mass is 10.2. The van der Waals surface area contributed by atoms with Gasteiger partial charge < -0.3 is 15.6 Å². The highest BCUT2D eigenvalue weighted by atomic mass is 35.5. The lowest BCUT2D eigenvalue weighted by molar-refractivity contribution is -0.166. The van der Waals surface area contributed by atoms with Crippen LogP contribution in [-0.4, -0.2) is 23.7 Å². The molecule has 0 spiro atoms. The number of halogens is 3. The topological polar surface area (TPSA) is 72.5 Å². The zero-order valence-electron chi connectivity index (χ0n) is 8.02. The van der Waals surface area contributed by atoms with Crippen LogP contribution >= 0.6 is 12.4 Å². The Labute approximate surface area is 96.4 Å². The van der Waals surface area contributed by atoms with E-state index < -0.39 is 18.6 Å². The number of hydrogen-bond donors (Lipinski definition) is 2. The van der Waals surface area contributed by atoms with Crippen LogP contribution < -0.4 is 10.5 Å². The second kappa shape index (κ2) is 5.62. The summed E-state index contributed by atoms with van der Waals surface area (Å²) in [5, 5.41) is 8.60. The van der Waals surface area contributed by atoms with Gasteiger partial charge in [-0.25, -0.2) is 4.79 Å². The van der Waals surface area contributed by atoms with Crippen molar-refractivity contribution in [1.29, 1.82) is 0 Å². The van der Waals surface area contributed by atoms with Crippen molar-refractivity contribution in [1.82, 2.24) is 0 Å². The summed E-state index contributed by atoms with van der Waals surface area (Å²) in [7, 11) is 0. The number of aromatic carboxylic acids is 1. The Morgan fingerprint density at radius 3 is 2.62 bits per heavy atom. The second-order valence-electron chi connectivity index (χ2n) is 2.78. The smallest absolute Gasteiger partial charge is 0.410 e. The summed E-state index contributed by atoms with van der Waals surface area (Å²) in [5.41, 5.74) is 4.64. The van der Waals surface area contributed by atoms with Gasteiger partial charge in [-0.2, -0.15) is 8.78 Å². The van der Waals surface area contributed by atoms with Crippen LogP contribution in [0.15, 0.2) is 24.3 Å². The monoisotopic (exact) mass is 253 g/mol. The van der Waals surface area contributed by atoms with Gasteiger partial charge in [0, 0.05) is 0 Å². The predicted molar refractivity (Wildman–Crippen MR) is 55.3 cm³/mol. The van der Waals surface area contributed by atoms with Gasteiger partial charge in [-0.15, -0.1) is 12.4 Å². The average molecular weight is 254 g/mol. The summed E-state index contributed by atoms with van der Waals surface area (Å²) in [4.78, 5) is 10.5. The second-order valence-corrected chi connectivity index (χ2v) is 2.78. The van der Waals surface area contributed by atoms with Crippen LogP contribution in [0.2, 0.25) is 0 Å². The molecule has 0 bridgehead atoms. The van der Waals surface area contributed by atoms with Crippen LogP contribution in [0.25, 0.3) is 0 Å². The third kappa shape index (κ3) is 4.00. The number of rotatable bonds is 4. The molecule has 0 unspecified atom stereocenters. The molecular formula is C9H10ClF2NO3. The first-order chi connectivity index (χ1) is 6.94. The van der Waals surface area contributed by atoms with Gasteiger partial charge in [-0.1, -0.05) is 6.07 Å². The van der Waals surface area contributed by atoms with Gasteiger partial charge in [-0.05, 0) is 18.2 Å². The Balaban J connectivity index is 0.00000225. The fourth-order valence-electron chi connectivity index (χ4n) is 0.907. The predicted octanol–water partition coefficient (Wildman–Crippen LogP) is 1.74. The minimum Gasteiger partial charge on any atom is -0.478 e. The Hall–Kier alpha value is -1.40. The molecule has 0 aromatic heterocycles. The van der Waals surface area contributed by atoms with Crippen LogP contribution in [0, 0.1) is 0 Å². The SMILES string of the molecule is Cl.NCC(F)(F)Oc1cccc(C(=O)O)c1. The first-order valence-corrected chi connectivity index (χ1v) is 4.05. The highest BCUT2D eigenvalue weighted by Gasteiger charge is 2.29. The molecule has 0 aliphatic heterocycles. The van der Waals surface area contributed by atoms with E-state index in [1.165, 1.54) is 18.2 Å². The Bertz CT molecular complexity index is 374. The lowest BCUT2D eigenvalue weighted by Gasteiger charge is -2.15. The molecule has 0 amide bonds. The molecule has 16 heavy (non-hydrogen) atoms.